The summed E-state index contributed by atoms with van der Waals surface area (Å²) in [6.07, 6.45) is 0.907. The van der Waals surface area contributed by atoms with E-state index < -0.39 is 11.3 Å². The standard InChI is InChI=1S/C31H39FN4O/c1-19-12-25-24-8-6-7-9-27(24)34-28(25)29(36(19)18-30(2,3)32)20-10-11-26-21(13-20)14-23(33-26)17-35-15-22(16-35)31(4,5)37/h6-11,13-14,19,22,29,33-34,37H,12,15-18H2,1-5H3/t19-,29-/m1/s1. The van der Waals surface area contributed by atoms with E-state index in [1.165, 1.54) is 33.3 Å². The summed E-state index contributed by atoms with van der Waals surface area (Å²) in [7, 11) is 0. The summed E-state index contributed by atoms with van der Waals surface area (Å²) in [6, 6.07) is 17.6. The number of aromatic amines is 2. The summed E-state index contributed by atoms with van der Waals surface area (Å²) in [4.78, 5) is 12.0. The molecule has 0 radical (unpaired) electrons. The highest BCUT2D eigenvalue weighted by molar-refractivity contribution is 5.86. The van der Waals surface area contributed by atoms with Crippen molar-refractivity contribution in [3.8, 4) is 0 Å². The summed E-state index contributed by atoms with van der Waals surface area (Å²) in [5, 5.41) is 12.7. The molecule has 2 aliphatic rings. The van der Waals surface area contributed by atoms with Gasteiger partial charge in [0.15, 0.2) is 0 Å². The zero-order valence-corrected chi connectivity index (χ0v) is 22.6. The maximum Gasteiger partial charge on any atom is 0.118 e. The van der Waals surface area contributed by atoms with Crippen molar-refractivity contribution in [2.45, 2.75) is 70.9 Å². The predicted octanol–water partition coefficient (Wildman–Crippen LogP) is 5.94. The first-order valence-electron chi connectivity index (χ1n) is 13.6. The summed E-state index contributed by atoms with van der Waals surface area (Å²) >= 11 is 0. The topological polar surface area (TPSA) is 58.3 Å². The van der Waals surface area contributed by atoms with Gasteiger partial charge in [-0.3, -0.25) is 9.80 Å². The van der Waals surface area contributed by atoms with Gasteiger partial charge < -0.3 is 15.1 Å². The molecule has 2 atom stereocenters. The molecular weight excluding hydrogens is 463 g/mol. The van der Waals surface area contributed by atoms with E-state index >= 15 is 4.39 Å². The SMILES string of the molecule is C[C@@H]1Cc2c([nH]c3ccccc23)[C@@H](c2ccc3[nH]c(CN4CC(C(C)(C)O)C4)cc3c2)N1CC(C)(C)F. The molecular formula is C31H39FN4O. The zero-order chi connectivity index (χ0) is 26.1. The van der Waals surface area contributed by atoms with Crippen LogP contribution in [-0.2, 0) is 13.0 Å². The van der Waals surface area contributed by atoms with E-state index in [0.29, 0.717) is 12.5 Å². The molecule has 1 saturated heterocycles. The van der Waals surface area contributed by atoms with Crippen LogP contribution in [0.15, 0.2) is 48.5 Å². The second-order valence-corrected chi connectivity index (χ2v) is 12.6. The Morgan fingerprint density at radius 2 is 1.76 bits per heavy atom. The largest absolute Gasteiger partial charge is 0.390 e. The Morgan fingerprint density at radius 3 is 2.49 bits per heavy atom. The smallest absolute Gasteiger partial charge is 0.118 e. The molecule has 4 aromatic rings. The van der Waals surface area contributed by atoms with Gasteiger partial charge in [-0.25, -0.2) is 4.39 Å². The third-order valence-corrected chi connectivity index (χ3v) is 8.44. The maximum atomic E-state index is 15.1. The first kappa shape index (κ1) is 24.7. The number of hydrogen-bond donors (Lipinski definition) is 3. The Hall–Kier alpha value is -2.67. The zero-order valence-electron chi connectivity index (χ0n) is 22.6. The van der Waals surface area contributed by atoms with Gasteiger partial charge in [0.2, 0.25) is 0 Å². The number of aromatic nitrogens is 2. The number of nitrogens with one attached hydrogen (secondary N) is 2. The van der Waals surface area contributed by atoms with E-state index in [-0.39, 0.29) is 12.1 Å². The van der Waals surface area contributed by atoms with Gasteiger partial charge in [-0.2, -0.15) is 0 Å². The van der Waals surface area contributed by atoms with Crippen LogP contribution in [0, 0.1) is 5.92 Å². The molecule has 0 aliphatic carbocycles. The van der Waals surface area contributed by atoms with E-state index in [0.717, 1.165) is 37.1 Å². The van der Waals surface area contributed by atoms with Gasteiger partial charge >= 0.3 is 0 Å². The Bertz CT molecular complexity index is 1430. The average Bonchev–Trinajstić information content (AvgIpc) is 3.35. The van der Waals surface area contributed by atoms with Gasteiger partial charge in [-0.15, -0.1) is 0 Å². The Labute approximate surface area is 218 Å². The first-order valence-corrected chi connectivity index (χ1v) is 13.6. The maximum absolute atomic E-state index is 15.1. The van der Waals surface area contributed by atoms with Crippen molar-refractivity contribution in [3.05, 3.63) is 71.0 Å². The third-order valence-electron chi connectivity index (χ3n) is 8.44. The van der Waals surface area contributed by atoms with E-state index in [9.17, 15) is 5.11 Å². The van der Waals surface area contributed by atoms with E-state index in [2.05, 4.69) is 75.2 Å². The summed E-state index contributed by atoms with van der Waals surface area (Å²) in [5.41, 5.74) is 5.28. The minimum Gasteiger partial charge on any atom is -0.390 e. The number of para-hydroxylation sites is 1. The Balaban J connectivity index is 1.35. The van der Waals surface area contributed by atoms with Crippen molar-refractivity contribution in [3.63, 3.8) is 0 Å². The number of likely N-dealkylation sites (tertiary alicyclic amines) is 1. The van der Waals surface area contributed by atoms with Crippen LogP contribution in [-0.4, -0.2) is 61.8 Å². The second kappa shape index (κ2) is 8.69. The number of halogens is 1. The number of rotatable bonds is 6. The van der Waals surface area contributed by atoms with E-state index in [4.69, 9.17) is 0 Å². The van der Waals surface area contributed by atoms with Crippen LogP contribution in [0.4, 0.5) is 4.39 Å². The van der Waals surface area contributed by atoms with Gasteiger partial charge in [-0.05, 0) is 76.4 Å². The molecule has 3 N–H and O–H groups in total. The molecule has 1 fully saturated rings. The van der Waals surface area contributed by atoms with Gasteiger partial charge in [0, 0.05) is 71.3 Å². The van der Waals surface area contributed by atoms with Crippen LogP contribution in [0.3, 0.4) is 0 Å². The fraction of sp³-hybridized carbons (Fsp3) is 0.484. The Morgan fingerprint density at radius 1 is 1.00 bits per heavy atom. The molecule has 2 aliphatic heterocycles. The second-order valence-electron chi connectivity index (χ2n) is 12.6. The lowest BCUT2D eigenvalue weighted by atomic mass is 9.84. The molecule has 2 aromatic heterocycles. The minimum absolute atomic E-state index is 0.0353. The van der Waals surface area contributed by atoms with Gasteiger partial charge in [-0.1, -0.05) is 24.3 Å². The molecule has 6 rings (SSSR count). The molecule has 0 bridgehead atoms. The lowest BCUT2D eigenvalue weighted by molar-refractivity contribution is -0.0650. The molecule has 2 aromatic carbocycles. The highest BCUT2D eigenvalue weighted by atomic mass is 19.1. The van der Waals surface area contributed by atoms with Crippen molar-refractivity contribution in [1.29, 1.82) is 0 Å². The molecule has 5 nitrogen and oxygen atoms in total. The minimum atomic E-state index is -1.29. The van der Waals surface area contributed by atoms with Gasteiger partial charge in [0.25, 0.3) is 0 Å². The van der Waals surface area contributed by atoms with E-state index in [1.807, 2.05) is 13.8 Å². The monoisotopic (exact) mass is 502 g/mol. The normalized spacial score (nSPS) is 22.0. The first-order chi connectivity index (χ1) is 17.5. The van der Waals surface area contributed by atoms with Crippen LogP contribution in [0.25, 0.3) is 21.8 Å². The number of alkyl halides is 1. The number of benzene rings is 2. The van der Waals surface area contributed by atoms with Crippen LogP contribution >= 0.6 is 0 Å². The number of nitrogens with zero attached hydrogens (tertiary/aromatic N) is 2. The van der Waals surface area contributed by atoms with Crippen LogP contribution < -0.4 is 0 Å². The third kappa shape index (κ3) is 4.60. The quantitative estimate of drug-likeness (QED) is 0.306. The number of hydrogen-bond acceptors (Lipinski definition) is 3. The fourth-order valence-corrected chi connectivity index (χ4v) is 6.40. The molecule has 0 spiro atoms. The van der Waals surface area contributed by atoms with Crippen LogP contribution in [0.2, 0.25) is 0 Å². The lowest BCUT2D eigenvalue weighted by Crippen LogP contribution is -2.55. The molecule has 4 heterocycles. The highest BCUT2D eigenvalue weighted by Gasteiger charge is 2.39. The summed E-state index contributed by atoms with van der Waals surface area (Å²) in [5.74, 6) is 0.327. The summed E-state index contributed by atoms with van der Waals surface area (Å²) < 4.78 is 15.1. The average molecular weight is 503 g/mol. The van der Waals surface area contributed by atoms with Crippen LogP contribution in [0.1, 0.15) is 63.2 Å². The summed E-state index contributed by atoms with van der Waals surface area (Å²) in [6.45, 7) is 12.4. The van der Waals surface area contributed by atoms with E-state index in [1.54, 1.807) is 13.8 Å². The van der Waals surface area contributed by atoms with Crippen molar-refractivity contribution >= 4 is 21.8 Å². The molecule has 196 valence electrons. The van der Waals surface area contributed by atoms with Crippen molar-refractivity contribution < 1.29 is 9.50 Å². The fourth-order valence-electron chi connectivity index (χ4n) is 6.40. The van der Waals surface area contributed by atoms with Gasteiger partial charge in [0.1, 0.15) is 5.67 Å². The van der Waals surface area contributed by atoms with Gasteiger partial charge in [0.05, 0.1) is 11.6 Å². The molecule has 6 heteroatoms. The van der Waals surface area contributed by atoms with Crippen molar-refractivity contribution in [1.82, 2.24) is 19.8 Å². The molecule has 37 heavy (non-hydrogen) atoms. The number of fused-ring (bicyclic) bond motifs is 4. The predicted molar refractivity (Wildman–Crippen MR) is 149 cm³/mol. The Kier molecular flexibility index (Phi) is 5.79. The van der Waals surface area contributed by atoms with Crippen molar-refractivity contribution in [2.24, 2.45) is 5.92 Å². The molecule has 0 amide bonds. The highest BCUT2D eigenvalue weighted by Crippen LogP contribution is 2.42. The van der Waals surface area contributed by atoms with Crippen LogP contribution in [0.5, 0.6) is 0 Å². The number of aliphatic hydroxyl groups is 1. The molecule has 0 saturated carbocycles. The van der Waals surface area contributed by atoms with Crippen molar-refractivity contribution in [2.75, 3.05) is 19.6 Å². The molecule has 0 unspecified atom stereocenters. The number of H-pyrrole nitrogens is 2. The lowest BCUT2D eigenvalue weighted by Gasteiger charge is -2.45.